The maximum atomic E-state index is 13.5. The van der Waals surface area contributed by atoms with Crippen LogP contribution in [0.15, 0.2) is 12.1 Å². The maximum Gasteiger partial charge on any atom is 0.268 e. The Morgan fingerprint density at radius 1 is 1.04 bits per heavy atom. The van der Waals surface area contributed by atoms with Gasteiger partial charge in [0.2, 0.25) is 0 Å². The zero-order valence-electron chi connectivity index (χ0n) is 16.3. The molecule has 1 heterocycles. The third-order valence-corrected chi connectivity index (χ3v) is 12.0. The fraction of sp³-hybridized carbons (Fsp3) is 0.667. The van der Waals surface area contributed by atoms with E-state index in [1.54, 1.807) is 7.11 Å². The lowest BCUT2D eigenvalue weighted by Gasteiger charge is -2.47. The molecule has 25 heavy (non-hydrogen) atoms. The van der Waals surface area contributed by atoms with Crippen LogP contribution in [-0.2, 0) is 4.79 Å². The largest absolute Gasteiger partial charge is 0.497 e. The van der Waals surface area contributed by atoms with Crippen molar-refractivity contribution in [3.8, 4) is 5.75 Å². The third kappa shape index (κ3) is 3.33. The first kappa shape index (κ1) is 18.7. The normalized spacial score (nSPS) is 21.8. The number of ether oxygens (including phenoxy) is 1. The third-order valence-electron chi connectivity index (χ3n) is 6.67. The molecule has 0 aromatic heterocycles. The molecule has 0 bridgehead atoms. The highest BCUT2D eigenvalue weighted by Gasteiger charge is 2.62. The summed E-state index contributed by atoms with van der Waals surface area (Å²) < 4.78 is 5.35. The van der Waals surface area contributed by atoms with Gasteiger partial charge in [0.25, 0.3) is 5.91 Å². The van der Waals surface area contributed by atoms with Crippen LogP contribution < -0.4 is 10.1 Å². The van der Waals surface area contributed by atoms with Crippen molar-refractivity contribution in [3.63, 3.8) is 0 Å². The van der Waals surface area contributed by atoms with Crippen LogP contribution in [0.5, 0.6) is 5.75 Å². The summed E-state index contributed by atoms with van der Waals surface area (Å²) >= 11 is 0. The predicted octanol–water partition coefficient (Wildman–Crippen LogP) is 5.39. The Morgan fingerprint density at radius 2 is 1.60 bits per heavy atom. The van der Waals surface area contributed by atoms with Crippen LogP contribution in [0.4, 0.5) is 5.69 Å². The molecule has 0 radical (unpaired) electrons. The molecule has 1 aliphatic carbocycles. The summed E-state index contributed by atoms with van der Waals surface area (Å²) in [4.78, 5) is 13.5. The number of carbonyl (C=O) groups is 1. The van der Waals surface area contributed by atoms with Gasteiger partial charge in [-0.2, -0.15) is 0 Å². The molecule has 1 aromatic rings. The number of hydrogen-bond acceptors (Lipinski definition) is 2. The molecular formula is C21H33NO2P+. The monoisotopic (exact) mass is 362 g/mol. The first-order valence-electron chi connectivity index (χ1n) is 9.73. The zero-order valence-corrected chi connectivity index (χ0v) is 17.2. The molecule has 1 N–H and O–H groups in total. The van der Waals surface area contributed by atoms with Crippen molar-refractivity contribution in [2.45, 2.75) is 63.9 Å². The molecule has 1 saturated heterocycles. The van der Waals surface area contributed by atoms with Gasteiger partial charge in [-0.1, -0.05) is 0 Å². The Labute approximate surface area is 153 Å². The summed E-state index contributed by atoms with van der Waals surface area (Å²) in [5, 5.41) is 3.29. The Balaban J connectivity index is 1.86. The molecular weight excluding hydrogens is 329 g/mol. The first-order valence-corrected chi connectivity index (χ1v) is 12.3. The smallest absolute Gasteiger partial charge is 0.268 e. The van der Waals surface area contributed by atoms with Crippen LogP contribution in [0.1, 0.15) is 56.1 Å². The lowest BCUT2D eigenvalue weighted by molar-refractivity contribution is -0.120. The fourth-order valence-electron chi connectivity index (χ4n) is 4.81. The molecule has 3 nitrogen and oxygen atoms in total. The minimum atomic E-state index is -1.22. The summed E-state index contributed by atoms with van der Waals surface area (Å²) in [7, 11) is 0.470. The lowest BCUT2D eigenvalue weighted by Crippen LogP contribution is -2.51. The molecule has 4 heteroatoms. The highest BCUT2D eigenvalue weighted by atomic mass is 31.2. The second-order valence-corrected chi connectivity index (χ2v) is 12.8. The van der Waals surface area contributed by atoms with Crippen LogP contribution in [-0.4, -0.2) is 37.2 Å². The highest BCUT2D eigenvalue weighted by Crippen LogP contribution is 2.74. The van der Waals surface area contributed by atoms with E-state index in [2.05, 4.69) is 25.8 Å². The Hall–Kier alpha value is -1.08. The van der Waals surface area contributed by atoms with Gasteiger partial charge in [-0.05, 0) is 82.1 Å². The summed E-state index contributed by atoms with van der Waals surface area (Å²) in [6.07, 6.45) is 11.4. The number of nitrogens with one attached hydrogen (secondary N) is 1. The van der Waals surface area contributed by atoms with Gasteiger partial charge in [-0.3, -0.25) is 4.79 Å². The Morgan fingerprint density at radius 3 is 2.04 bits per heavy atom. The Bertz CT molecular complexity index is 620. The van der Waals surface area contributed by atoms with Gasteiger partial charge in [0.1, 0.15) is 5.75 Å². The molecule has 1 saturated carbocycles. The second kappa shape index (κ2) is 7.27. The first-order chi connectivity index (χ1) is 11.9. The number of aryl methyl sites for hydroxylation is 2. The average Bonchev–Trinajstić information content (AvgIpc) is 2.74. The molecule has 0 unspecified atom stereocenters. The molecule has 0 atom stereocenters. The lowest BCUT2D eigenvalue weighted by atomic mass is 9.83. The van der Waals surface area contributed by atoms with Crippen molar-refractivity contribution in [2.75, 3.05) is 31.4 Å². The average molecular weight is 362 g/mol. The quantitative estimate of drug-likeness (QED) is 0.729. The molecule has 1 aromatic carbocycles. The minimum Gasteiger partial charge on any atom is -0.497 e. The molecule has 1 amide bonds. The second-order valence-electron chi connectivity index (χ2n) is 8.23. The van der Waals surface area contributed by atoms with Gasteiger partial charge in [0.05, 0.1) is 19.4 Å². The minimum absolute atomic E-state index is 0.0594. The van der Waals surface area contributed by atoms with Crippen molar-refractivity contribution in [2.24, 2.45) is 0 Å². The van der Waals surface area contributed by atoms with Crippen LogP contribution in [0.25, 0.3) is 0 Å². The summed E-state index contributed by atoms with van der Waals surface area (Å²) in [6, 6.07) is 4.02. The van der Waals surface area contributed by atoms with Gasteiger partial charge in [0.15, 0.2) is 5.16 Å². The van der Waals surface area contributed by atoms with Gasteiger partial charge in [-0.25, -0.2) is 0 Å². The van der Waals surface area contributed by atoms with Crippen LogP contribution in [0, 0.1) is 13.8 Å². The van der Waals surface area contributed by atoms with Crippen molar-refractivity contribution in [3.05, 3.63) is 23.3 Å². The highest BCUT2D eigenvalue weighted by molar-refractivity contribution is 7.77. The van der Waals surface area contributed by atoms with Gasteiger partial charge < -0.3 is 10.1 Å². The summed E-state index contributed by atoms with van der Waals surface area (Å²) in [5.41, 5.74) is 3.16. The van der Waals surface area contributed by atoms with Crippen LogP contribution in [0.3, 0.4) is 0 Å². The molecule has 138 valence electrons. The number of carbonyl (C=O) groups excluding carboxylic acids is 1. The van der Waals surface area contributed by atoms with E-state index >= 15 is 0 Å². The number of hydrogen-bond donors (Lipinski definition) is 1. The number of rotatable bonds is 4. The van der Waals surface area contributed by atoms with E-state index in [0.717, 1.165) is 35.4 Å². The van der Waals surface area contributed by atoms with Crippen molar-refractivity contribution in [1.29, 1.82) is 0 Å². The van der Waals surface area contributed by atoms with E-state index in [9.17, 15) is 4.79 Å². The van der Waals surface area contributed by atoms with Gasteiger partial charge in [-0.15, -0.1) is 0 Å². The molecule has 2 fully saturated rings. The SMILES string of the molecule is COc1cc(C)c(NC(=O)C2([P+]3(C)CCCCCC3)CCC2)c(C)c1. The zero-order chi connectivity index (χ0) is 18.1. The van der Waals surface area contributed by atoms with E-state index in [1.165, 1.54) is 44.4 Å². The number of anilines is 1. The molecule has 1 aliphatic heterocycles. The van der Waals surface area contributed by atoms with E-state index in [1.807, 2.05) is 12.1 Å². The van der Waals surface area contributed by atoms with E-state index < -0.39 is 7.26 Å². The van der Waals surface area contributed by atoms with Crippen LogP contribution >= 0.6 is 7.26 Å². The standard InChI is InChI=1S/C21H32NO2P/c1-16-14-18(24-3)15-17(2)19(16)22-20(23)21(10-9-11-21)25(4)12-7-5-6-8-13-25/h14-15H,5-13H2,1-4H3/p+1. The van der Waals surface area contributed by atoms with E-state index in [4.69, 9.17) is 4.74 Å². The topological polar surface area (TPSA) is 38.3 Å². The van der Waals surface area contributed by atoms with Crippen molar-refractivity contribution >= 4 is 18.9 Å². The predicted molar refractivity (Wildman–Crippen MR) is 109 cm³/mol. The Kier molecular flexibility index (Phi) is 5.44. The van der Waals surface area contributed by atoms with Crippen LogP contribution in [0.2, 0.25) is 0 Å². The summed E-state index contributed by atoms with van der Waals surface area (Å²) in [5.74, 6) is 1.16. The maximum absolute atomic E-state index is 13.5. The number of amides is 1. The van der Waals surface area contributed by atoms with Gasteiger partial charge in [0, 0.05) is 19.6 Å². The summed E-state index contributed by atoms with van der Waals surface area (Å²) in [6.45, 7) is 6.60. The van der Waals surface area contributed by atoms with E-state index in [0.29, 0.717) is 5.91 Å². The van der Waals surface area contributed by atoms with Crippen molar-refractivity contribution < 1.29 is 9.53 Å². The molecule has 0 spiro atoms. The molecule has 3 rings (SSSR count). The molecule has 2 aliphatic rings. The number of benzene rings is 1. The fourth-order valence-corrected chi connectivity index (χ4v) is 9.67. The van der Waals surface area contributed by atoms with Crippen molar-refractivity contribution in [1.82, 2.24) is 0 Å². The van der Waals surface area contributed by atoms with Gasteiger partial charge >= 0.3 is 0 Å². The van der Waals surface area contributed by atoms with E-state index in [-0.39, 0.29) is 5.16 Å². The number of methoxy groups -OCH3 is 1.